The van der Waals surface area contributed by atoms with Gasteiger partial charge in [0.25, 0.3) is 5.91 Å². The van der Waals surface area contributed by atoms with Crippen LogP contribution in [0.3, 0.4) is 0 Å². The van der Waals surface area contributed by atoms with Crippen molar-refractivity contribution < 1.29 is 9.18 Å². The SMILES string of the molecule is CCC(C)CNC(=O)c1cccc(F)n1. The Kier molecular flexibility index (Phi) is 4.21. The Balaban J connectivity index is 2.54. The second kappa shape index (κ2) is 5.44. The Hall–Kier alpha value is -1.45. The van der Waals surface area contributed by atoms with Crippen molar-refractivity contribution >= 4 is 5.91 Å². The quantitative estimate of drug-likeness (QED) is 0.772. The predicted molar refractivity (Wildman–Crippen MR) is 56.0 cm³/mol. The van der Waals surface area contributed by atoms with Gasteiger partial charge in [-0.15, -0.1) is 0 Å². The lowest BCUT2D eigenvalue weighted by molar-refractivity contribution is 0.0941. The highest BCUT2D eigenvalue weighted by molar-refractivity contribution is 5.92. The third-order valence-electron chi connectivity index (χ3n) is 2.26. The van der Waals surface area contributed by atoms with Crippen LogP contribution in [0.4, 0.5) is 4.39 Å². The fourth-order valence-electron chi connectivity index (χ4n) is 1.04. The molecule has 15 heavy (non-hydrogen) atoms. The van der Waals surface area contributed by atoms with E-state index in [2.05, 4.69) is 17.2 Å². The first kappa shape index (κ1) is 11.6. The number of hydrogen-bond donors (Lipinski definition) is 1. The number of nitrogens with one attached hydrogen (secondary N) is 1. The predicted octanol–water partition coefficient (Wildman–Crippen LogP) is 2.00. The molecule has 0 aliphatic carbocycles. The fourth-order valence-corrected chi connectivity index (χ4v) is 1.04. The second-order valence-corrected chi connectivity index (χ2v) is 3.57. The number of aromatic nitrogens is 1. The lowest BCUT2D eigenvalue weighted by Gasteiger charge is -2.09. The number of carbonyl (C=O) groups excluding carboxylic acids is 1. The molecule has 1 aromatic rings. The number of rotatable bonds is 4. The van der Waals surface area contributed by atoms with Crippen LogP contribution in [0.1, 0.15) is 30.8 Å². The summed E-state index contributed by atoms with van der Waals surface area (Å²) >= 11 is 0. The van der Waals surface area contributed by atoms with Crippen molar-refractivity contribution in [3.05, 3.63) is 29.8 Å². The Morgan fingerprint density at radius 1 is 1.60 bits per heavy atom. The second-order valence-electron chi connectivity index (χ2n) is 3.57. The molecular weight excluding hydrogens is 195 g/mol. The van der Waals surface area contributed by atoms with Gasteiger partial charge in [0.05, 0.1) is 0 Å². The zero-order valence-corrected chi connectivity index (χ0v) is 8.96. The zero-order valence-electron chi connectivity index (χ0n) is 8.96. The molecule has 1 aromatic heterocycles. The minimum Gasteiger partial charge on any atom is -0.350 e. The first-order chi connectivity index (χ1) is 7.13. The standard InChI is InChI=1S/C11H15FN2O/c1-3-8(2)7-13-11(15)9-5-4-6-10(12)14-9/h4-6,8H,3,7H2,1-2H3,(H,13,15). The number of pyridine rings is 1. The Morgan fingerprint density at radius 2 is 2.33 bits per heavy atom. The summed E-state index contributed by atoms with van der Waals surface area (Å²) in [7, 11) is 0. The molecule has 0 aromatic carbocycles. The van der Waals surface area contributed by atoms with E-state index in [9.17, 15) is 9.18 Å². The maximum absolute atomic E-state index is 12.7. The van der Waals surface area contributed by atoms with Crippen molar-refractivity contribution in [2.45, 2.75) is 20.3 Å². The van der Waals surface area contributed by atoms with Crippen molar-refractivity contribution in [2.75, 3.05) is 6.54 Å². The van der Waals surface area contributed by atoms with Crippen LogP contribution < -0.4 is 5.32 Å². The highest BCUT2D eigenvalue weighted by Crippen LogP contribution is 2.00. The van der Waals surface area contributed by atoms with E-state index in [0.717, 1.165) is 6.42 Å². The van der Waals surface area contributed by atoms with Crippen LogP contribution in [-0.4, -0.2) is 17.4 Å². The van der Waals surface area contributed by atoms with Crippen LogP contribution in [0.25, 0.3) is 0 Å². The van der Waals surface area contributed by atoms with E-state index in [1.807, 2.05) is 6.92 Å². The fraction of sp³-hybridized carbons (Fsp3) is 0.455. The molecule has 0 aliphatic heterocycles. The molecule has 1 unspecified atom stereocenters. The summed E-state index contributed by atoms with van der Waals surface area (Å²) in [5.41, 5.74) is 0.123. The Bertz CT molecular complexity index is 341. The van der Waals surface area contributed by atoms with Crippen molar-refractivity contribution in [3.63, 3.8) is 0 Å². The van der Waals surface area contributed by atoms with Gasteiger partial charge in [-0.1, -0.05) is 26.3 Å². The molecular formula is C11H15FN2O. The minimum atomic E-state index is -0.633. The molecule has 0 spiro atoms. The maximum Gasteiger partial charge on any atom is 0.270 e. The molecule has 1 heterocycles. The van der Waals surface area contributed by atoms with Crippen molar-refractivity contribution in [2.24, 2.45) is 5.92 Å². The Labute approximate surface area is 88.7 Å². The number of carbonyl (C=O) groups is 1. The molecule has 1 N–H and O–H groups in total. The van der Waals surface area contributed by atoms with E-state index in [4.69, 9.17) is 0 Å². The molecule has 82 valence electrons. The van der Waals surface area contributed by atoms with Gasteiger partial charge >= 0.3 is 0 Å². The van der Waals surface area contributed by atoms with Crippen molar-refractivity contribution in [1.29, 1.82) is 0 Å². The van der Waals surface area contributed by atoms with Crippen LogP contribution in [0.5, 0.6) is 0 Å². The first-order valence-electron chi connectivity index (χ1n) is 5.04. The molecule has 0 fully saturated rings. The normalized spacial score (nSPS) is 12.2. The van der Waals surface area contributed by atoms with Gasteiger partial charge in [-0.3, -0.25) is 4.79 Å². The van der Waals surface area contributed by atoms with Crippen molar-refractivity contribution in [3.8, 4) is 0 Å². The lowest BCUT2D eigenvalue weighted by Crippen LogP contribution is -2.28. The molecule has 1 amide bonds. The van der Waals surface area contributed by atoms with Crippen LogP contribution >= 0.6 is 0 Å². The molecule has 1 atom stereocenters. The van der Waals surface area contributed by atoms with E-state index < -0.39 is 5.95 Å². The third-order valence-corrected chi connectivity index (χ3v) is 2.26. The number of halogens is 1. The summed E-state index contributed by atoms with van der Waals surface area (Å²) in [4.78, 5) is 15.0. The highest BCUT2D eigenvalue weighted by atomic mass is 19.1. The minimum absolute atomic E-state index is 0.123. The summed E-state index contributed by atoms with van der Waals surface area (Å²) in [5, 5.41) is 2.71. The third kappa shape index (κ3) is 3.65. The summed E-state index contributed by atoms with van der Waals surface area (Å²) in [6, 6.07) is 4.18. The van der Waals surface area contributed by atoms with Gasteiger partial charge in [0.15, 0.2) is 0 Å². The van der Waals surface area contributed by atoms with E-state index in [1.54, 1.807) is 0 Å². The lowest BCUT2D eigenvalue weighted by atomic mass is 10.1. The van der Waals surface area contributed by atoms with E-state index in [0.29, 0.717) is 12.5 Å². The monoisotopic (exact) mass is 210 g/mol. The summed E-state index contributed by atoms with van der Waals surface area (Å²) in [5.74, 6) is -0.538. The molecule has 0 aliphatic rings. The summed E-state index contributed by atoms with van der Waals surface area (Å²) < 4.78 is 12.7. The molecule has 4 heteroatoms. The molecule has 0 saturated heterocycles. The van der Waals surface area contributed by atoms with Crippen LogP contribution in [0.2, 0.25) is 0 Å². The Morgan fingerprint density at radius 3 is 2.93 bits per heavy atom. The number of hydrogen-bond acceptors (Lipinski definition) is 2. The molecule has 0 saturated carbocycles. The molecule has 1 rings (SSSR count). The van der Waals surface area contributed by atoms with Gasteiger partial charge in [-0.25, -0.2) is 4.98 Å². The largest absolute Gasteiger partial charge is 0.350 e. The van der Waals surface area contributed by atoms with Gasteiger partial charge in [-0.05, 0) is 18.1 Å². The van der Waals surface area contributed by atoms with Gasteiger partial charge in [0.1, 0.15) is 5.69 Å². The van der Waals surface area contributed by atoms with Crippen LogP contribution in [-0.2, 0) is 0 Å². The molecule has 3 nitrogen and oxygen atoms in total. The smallest absolute Gasteiger partial charge is 0.270 e. The van der Waals surface area contributed by atoms with Gasteiger partial charge in [-0.2, -0.15) is 4.39 Å². The molecule has 0 bridgehead atoms. The van der Waals surface area contributed by atoms with Gasteiger partial charge in [0.2, 0.25) is 5.95 Å². The van der Waals surface area contributed by atoms with E-state index in [-0.39, 0.29) is 11.6 Å². The highest BCUT2D eigenvalue weighted by Gasteiger charge is 2.08. The molecule has 0 radical (unpaired) electrons. The first-order valence-corrected chi connectivity index (χ1v) is 5.04. The van der Waals surface area contributed by atoms with Gasteiger partial charge in [0, 0.05) is 6.54 Å². The average Bonchev–Trinajstić information content (AvgIpc) is 2.25. The van der Waals surface area contributed by atoms with Crippen molar-refractivity contribution in [1.82, 2.24) is 10.3 Å². The van der Waals surface area contributed by atoms with Crippen LogP contribution in [0.15, 0.2) is 18.2 Å². The number of amides is 1. The topological polar surface area (TPSA) is 42.0 Å². The van der Waals surface area contributed by atoms with E-state index in [1.165, 1.54) is 18.2 Å². The zero-order chi connectivity index (χ0) is 11.3. The average molecular weight is 210 g/mol. The summed E-state index contributed by atoms with van der Waals surface area (Å²) in [6.07, 6.45) is 0.997. The van der Waals surface area contributed by atoms with Gasteiger partial charge < -0.3 is 5.32 Å². The number of nitrogens with zero attached hydrogens (tertiary/aromatic N) is 1. The van der Waals surface area contributed by atoms with Crippen LogP contribution in [0, 0.1) is 11.9 Å². The summed E-state index contributed by atoms with van der Waals surface area (Å²) in [6.45, 7) is 4.68. The maximum atomic E-state index is 12.7. The van der Waals surface area contributed by atoms with E-state index >= 15 is 0 Å².